The topological polar surface area (TPSA) is 95.6 Å². The van der Waals surface area contributed by atoms with E-state index in [0.717, 1.165) is 10.4 Å². The maximum absolute atomic E-state index is 12.2. The van der Waals surface area contributed by atoms with E-state index in [1.165, 1.54) is 32.3 Å². The molecule has 128 valence electrons. The van der Waals surface area contributed by atoms with Crippen molar-refractivity contribution >= 4 is 32.5 Å². The Hall–Kier alpha value is -0.710. The second-order valence-corrected chi connectivity index (χ2v) is 8.72. The van der Waals surface area contributed by atoms with Crippen LogP contribution >= 0.6 is 12.4 Å². The summed E-state index contributed by atoms with van der Waals surface area (Å²) >= 11 is 0. The molecule has 7 nitrogen and oxygen atoms in total. The van der Waals surface area contributed by atoms with Crippen LogP contribution < -0.4 is 10.0 Å². The van der Waals surface area contributed by atoms with Crippen LogP contribution in [0, 0.1) is 0 Å². The summed E-state index contributed by atoms with van der Waals surface area (Å²) in [6.07, 6.45) is 0. The van der Waals surface area contributed by atoms with Crippen molar-refractivity contribution in [2.24, 2.45) is 0 Å². The summed E-state index contributed by atoms with van der Waals surface area (Å²) < 4.78 is 51.8. The summed E-state index contributed by atoms with van der Waals surface area (Å²) in [5.74, 6) is 0. The molecule has 0 heterocycles. The molecule has 1 rings (SSSR count). The number of halogens is 1. The number of sulfonamides is 2. The average molecular weight is 372 g/mol. The number of rotatable bonds is 7. The summed E-state index contributed by atoms with van der Waals surface area (Å²) in [4.78, 5) is -0.134. The molecule has 0 bridgehead atoms. The van der Waals surface area contributed by atoms with E-state index in [9.17, 15) is 16.8 Å². The number of nitrogens with one attached hydrogen (secondary N) is 2. The van der Waals surface area contributed by atoms with Gasteiger partial charge in [-0.15, -0.1) is 12.4 Å². The Labute approximate surface area is 138 Å². The number of hydrogen-bond acceptors (Lipinski definition) is 5. The van der Waals surface area contributed by atoms with Crippen LogP contribution in [0.4, 0.5) is 0 Å². The quantitative estimate of drug-likeness (QED) is 0.716. The van der Waals surface area contributed by atoms with Crippen LogP contribution in [0.2, 0.25) is 0 Å². The Morgan fingerprint density at radius 2 is 1.68 bits per heavy atom. The number of nitrogens with zero attached hydrogens (tertiary/aromatic N) is 1. The first-order chi connectivity index (χ1) is 9.61. The summed E-state index contributed by atoms with van der Waals surface area (Å²) in [5.41, 5.74) is 0. The first-order valence-electron chi connectivity index (χ1n) is 6.31. The Morgan fingerprint density at radius 3 is 2.18 bits per heavy atom. The standard InChI is InChI=1S/C12H21N3O4S2.ClH/c1-10(13-2)9-14-20(16,17)11-6-5-7-12(8-11)21(18,19)15(3)4;/h5-8,10,13-14H,9H2,1-4H3;1H. The van der Waals surface area contributed by atoms with E-state index in [1.807, 2.05) is 6.92 Å². The third-order valence-electron chi connectivity index (χ3n) is 2.97. The van der Waals surface area contributed by atoms with Crippen LogP contribution in [0.1, 0.15) is 6.92 Å². The summed E-state index contributed by atoms with van der Waals surface area (Å²) in [6, 6.07) is 5.26. The highest BCUT2D eigenvalue weighted by atomic mass is 35.5. The van der Waals surface area contributed by atoms with Gasteiger partial charge >= 0.3 is 0 Å². The Balaban J connectivity index is 0.00000441. The summed E-state index contributed by atoms with van der Waals surface area (Å²) in [6.45, 7) is 2.04. The molecule has 1 aromatic rings. The van der Waals surface area contributed by atoms with Gasteiger partial charge in [0.15, 0.2) is 0 Å². The fourth-order valence-electron chi connectivity index (χ4n) is 1.43. The molecule has 10 heteroatoms. The Morgan fingerprint density at radius 1 is 1.14 bits per heavy atom. The number of likely N-dealkylation sites (N-methyl/N-ethyl adjacent to an activating group) is 1. The fourth-order valence-corrected chi connectivity index (χ4v) is 3.63. The second kappa shape index (κ2) is 8.23. The molecule has 0 amide bonds. The predicted octanol–water partition coefficient (Wildman–Crippen LogP) is 0.245. The van der Waals surface area contributed by atoms with Crippen molar-refractivity contribution in [3.05, 3.63) is 24.3 Å². The van der Waals surface area contributed by atoms with Gasteiger partial charge in [-0.25, -0.2) is 25.9 Å². The molecule has 1 unspecified atom stereocenters. The van der Waals surface area contributed by atoms with Gasteiger partial charge in [-0.1, -0.05) is 6.07 Å². The van der Waals surface area contributed by atoms with Gasteiger partial charge in [-0.2, -0.15) is 0 Å². The van der Waals surface area contributed by atoms with Crippen LogP contribution in [0.5, 0.6) is 0 Å². The predicted molar refractivity (Wildman–Crippen MR) is 88.3 cm³/mol. The number of benzene rings is 1. The van der Waals surface area contributed by atoms with Crippen molar-refractivity contribution in [1.82, 2.24) is 14.3 Å². The summed E-state index contributed by atoms with van der Waals surface area (Å²) in [5, 5.41) is 2.91. The van der Waals surface area contributed by atoms with Gasteiger partial charge < -0.3 is 5.32 Å². The van der Waals surface area contributed by atoms with Gasteiger partial charge in [0.05, 0.1) is 9.79 Å². The molecular weight excluding hydrogens is 350 g/mol. The van der Waals surface area contributed by atoms with Crippen molar-refractivity contribution in [2.45, 2.75) is 22.8 Å². The van der Waals surface area contributed by atoms with E-state index in [2.05, 4.69) is 10.0 Å². The number of hydrogen-bond donors (Lipinski definition) is 2. The van der Waals surface area contributed by atoms with Gasteiger partial charge in [0.25, 0.3) is 0 Å². The molecular formula is C12H22ClN3O4S2. The normalized spacial score (nSPS) is 13.7. The lowest BCUT2D eigenvalue weighted by Crippen LogP contribution is -2.37. The Kier molecular flexibility index (Phi) is 7.96. The minimum atomic E-state index is -3.75. The molecule has 0 saturated heterocycles. The van der Waals surface area contributed by atoms with Crippen molar-refractivity contribution < 1.29 is 16.8 Å². The fraction of sp³-hybridized carbons (Fsp3) is 0.500. The maximum Gasteiger partial charge on any atom is 0.242 e. The van der Waals surface area contributed by atoms with E-state index >= 15 is 0 Å². The molecule has 0 radical (unpaired) electrons. The van der Waals surface area contributed by atoms with Gasteiger partial charge in [0.2, 0.25) is 20.0 Å². The second-order valence-electron chi connectivity index (χ2n) is 4.80. The van der Waals surface area contributed by atoms with Crippen LogP contribution in [0.3, 0.4) is 0 Å². The Bertz CT molecular complexity index is 690. The molecule has 0 saturated carbocycles. The lowest BCUT2D eigenvalue weighted by molar-refractivity contribution is 0.520. The van der Waals surface area contributed by atoms with Crippen molar-refractivity contribution in [1.29, 1.82) is 0 Å². The largest absolute Gasteiger partial charge is 0.316 e. The van der Waals surface area contributed by atoms with Gasteiger partial charge in [0, 0.05) is 26.7 Å². The smallest absolute Gasteiger partial charge is 0.242 e. The van der Waals surface area contributed by atoms with E-state index in [0.29, 0.717) is 0 Å². The van der Waals surface area contributed by atoms with Crippen molar-refractivity contribution in [3.8, 4) is 0 Å². The molecule has 0 aliphatic rings. The first kappa shape index (κ1) is 21.3. The van der Waals surface area contributed by atoms with Crippen molar-refractivity contribution in [2.75, 3.05) is 27.7 Å². The molecule has 0 aliphatic carbocycles. The molecule has 22 heavy (non-hydrogen) atoms. The van der Waals surface area contributed by atoms with Gasteiger partial charge in [0.1, 0.15) is 0 Å². The molecule has 0 spiro atoms. The zero-order valence-electron chi connectivity index (χ0n) is 12.9. The van der Waals surface area contributed by atoms with Gasteiger partial charge in [-0.3, -0.25) is 0 Å². The lowest BCUT2D eigenvalue weighted by Gasteiger charge is -2.14. The molecule has 2 N–H and O–H groups in total. The van der Waals surface area contributed by atoms with Crippen LogP contribution in [0.15, 0.2) is 34.1 Å². The minimum Gasteiger partial charge on any atom is -0.316 e. The third-order valence-corrected chi connectivity index (χ3v) is 6.20. The molecule has 0 aliphatic heterocycles. The molecule has 1 aromatic carbocycles. The zero-order valence-corrected chi connectivity index (χ0v) is 15.3. The third kappa shape index (κ3) is 5.18. The van der Waals surface area contributed by atoms with E-state index < -0.39 is 20.0 Å². The highest BCUT2D eigenvalue weighted by Gasteiger charge is 2.21. The SMILES string of the molecule is CNC(C)CNS(=O)(=O)c1cccc(S(=O)(=O)N(C)C)c1.Cl. The maximum atomic E-state index is 12.2. The van der Waals surface area contributed by atoms with Gasteiger partial charge in [-0.05, 0) is 32.2 Å². The highest BCUT2D eigenvalue weighted by molar-refractivity contribution is 7.90. The van der Waals surface area contributed by atoms with E-state index in [-0.39, 0.29) is 34.8 Å². The molecule has 0 aromatic heterocycles. The van der Waals surface area contributed by atoms with Crippen LogP contribution in [0.25, 0.3) is 0 Å². The van der Waals surface area contributed by atoms with Crippen LogP contribution in [-0.4, -0.2) is 54.9 Å². The van der Waals surface area contributed by atoms with Crippen LogP contribution in [-0.2, 0) is 20.0 Å². The molecule has 1 atom stereocenters. The monoisotopic (exact) mass is 371 g/mol. The van der Waals surface area contributed by atoms with Crippen molar-refractivity contribution in [3.63, 3.8) is 0 Å². The minimum absolute atomic E-state index is 0. The van der Waals surface area contributed by atoms with E-state index in [1.54, 1.807) is 7.05 Å². The first-order valence-corrected chi connectivity index (χ1v) is 9.23. The molecule has 0 fully saturated rings. The lowest BCUT2D eigenvalue weighted by atomic mass is 10.4. The highest BCUT2D eigenvalue weighted by Crippen LogP contribution is 2.17. The summed E-state index contributed by atoms with van der Waals surface area (Å²) in [7, 11) is -2.90. The average Bonchev–Trinajstić information content (AvgIpc) is 2.44. The zero-order chi connectivity index (χ0) is 16.3. The van der Waals surface area contributed by atoms with E-state index in [4.69, 9.17) is 0 Å².